The normalized spacial score (nSPS) is 11.9. The van der Waals surface area contributed by atoms with Gasteiger partial charge in [0, 0.05) is 23.4 Å². The third-order valence-corrected chi connectivity index (χ3v) is 5.95. The summed E-state index contributed by atoms with van der Waals surface area (Å²) in [5.41, 5.74) is 3.87. The average molecular weight is 430 g/mol. The molecule has 2 aromatic carbocycles. The van der Waals surface area contributed by atoms with Crippen molar-refractivity contribution < 1.29 is 4.79 Å². The molecular formula is C21H24ClN5OS. The second kappa shape index (κ2) is 9.33. The maximum Gasteiger partial charge on any atom is 0.237 e. The van der Waals surface area contributed by atoms with Crippen LogP contribution >= 0.6 is 23.4 Å². The SMILES string of the molecule is Cc1cccc(C)c1NC(=O)[C@@H](C)Sc1nnc(CNc2cccc(Cl)c2)n1C. The van der Waals surface area contributed by atoms with Gasteiger partial charge in [-0.05, 0) is 50.1 Å². The van der Waals surface area contributed by atoms with Crippen molar-refractivity contribution in [3.05, 3.63) is 64.4 Å². The molecule has 1 aromatic heterocycles. The van der Waals surface area contributed by atoms with Crippen molar-refractivity contribution in [2.75, 3.05) is 10.6 Å². The van der Waals surface area contributed by atoms with Gasteiger partial charge in [0.25, 0.3) is 0 Å². The number of hydrogen-bond acceptors (Lipinski definition) is 5. The van der Waals surface area contributed by atoms with Crippen LogP contribution in [0.3, 0.4) is 0 Å². The third kappa shape index (κ3) is 5.31. The molecule has 8 heteroatoms. The first-order valence-corrected chi connectivity index (χ1v) is 10.5. The monoisotopic (exact) mass is 429 g/mol. The number of amides is 1. The number of thioether (sulfide) groups is 1. The molecule has 1 amide bonds. The van der Waals surface area contributed by atoms with Crippen molar-refractivity contribution in [2.24, 2.45) is 7.05 Å². The Kier molecular flexibility index (Phi) is 6.82. The van der Waals surface area contributed by atoms with E-state index in [1.165, 1.54) is 11.8 Å². The van der Waals surface area contributed by atoms with E-state index < -0.39 is 0 Å². The Labute approximate surface area is 180 Å². The Morgan fingerprint density at radius 2 is 1.86 bits per heavy atom. The minimum Gasteiger partial charge on any atom is -0.378 e. The number of anilines is 2. The lowest BCUT2D eigenvalue weighted by Gasteiger charge is -2.15. The highest BCUT2D eigenvalue weighted by Gasteiger charge is 2.20. The molecule has 0 aliphatic heterocycles. The van der Waals surface area contributed by atoms with E-state index in [2.05, 4.69) is 20.8 Å². The zero-order valence-electron chi connectivity index (χ0n) is 16.9. The molecule has 3 aromatic rings. The molecule has 0 unspecified atom stereocenters. The Morgan fingerprint density at radius 1 is 1.17 bits per heavy atom. The number of aromatic nitrogens is 3. The Bertz CT molecular complexity index is 1000. The van der Waals surface area contributed by atoms with Crippen LogP contribution in [0.1, 0.15) is 23.9 Å². The molecule has 0 saturated heterocycles. The summed E-state index contributed by atoms with van der Waals surface area (Å²) < 4.78 is 1.89. The number of nitrogens with one attached hydrogen (secondary N) is 2. The van der Waals surface area contributed by atoms with E-state index in [1.54, 1.807) is 0 Å². The molecule has 2 N–H and O–H groups in total. The van der Waals surface area contributed by atoms with Gasteiger partial charge in [-0.15, -0.1) is 10.2 Å². The number of halogens is 1. The number of nitrogens with zero attached hydrogens (tertiary/aromatic N) is 3. The summed E-state index contributed by atoms with van der Waals surface area (Å²) in [6.45, 7) is 6.35. The molecule has 0 saturated carbocycles. The first-order chi connectivity index (χ1) is 13.8. The number of carbonyl (C=O) groups excluding carboxylic acids is 1. The largest absolute Gasteiger partial charge is 0.378 e. The van der Waals surface area contributed by atoms with Gasteiger partial charge in [-0.1, -0.05) is 47.6 Å². The van der Waals surface area contributed by atoms with Crippen LogP contribution in [0.15, 0.2) is 47.6 Å². The molecule has 3 rings (SSSR count). The second-order valence-electron chi connectivity index (χ2n) is 6.84. The number of rotatable bonds is 7. The lowest BCUT2D eigenvalue weighted by Crippen LogP contribution is -2.23. The van der Waals surface area contributed by atoms with Crippen LogP contribution < -0.4 is 10.6 Å². The van der Waals surface area contributed by atoms with Crippen molar-refractivity contribution in [3.8, 4) is 0 Å². The predicted octanol–water partition coefficient (Wildman–Crippen LogP) is 4.82. The van der Waals surface area contributed by atoms with E-state index in [1.807, 2.05) is 74.9 Å². The molecule has 0 aliphatic rings. The van der Waals surface area contributed by atoms with E-state index in [0.29, 0.717) is 16.7 Å². The molecule has 0 aliphatic carbocycles. The molecule has 29 heavy (non-hydrogen) atoms. The van der Waals surface area contributed by atoms with Crippen LogP contribution in [0, 0.1) is 13.8 Å². The summed E-state index contributed by atoms with van der Waals surface area (Å²) in [5, 5.41) is 15.8. The van der Waals surface area contributed by atoms with Gasteiger partial charge in [0.1, 0.15) is 0 Å². The quantitative estimate of drug-likeness (QED) is 0.527. The topological polar surface area (TPSA) is 71.8 Å². The molecule has 152 valence electrons. The van der Waals surface area contributed by atoms with Crippen molar-refractivity contribution >= 4 is 40.6 Å². The summed E-state index contributed by atoms with van der Waals surface area (Å²) in [7, 11) is 1.90. The molecule has 0 spiro atoms. The molecule has 0 fully saturated rings. The van der Waals surface area contributed by atoms with E-state index in [4.69, 9.17) is 11.6 Å². The molecule has 1 atom stereocenters. The summed E-state index contributed by atoms with van der Waals surface area (Å²) in [4.78, 5) is 12.7. The summed E-state index contributed by atoms with van der Waals surface area (Å²) in [5.74, 6) is 0.712. The maximum absolute atomic E-state index is 12.7. The average Bonchev–Trinajstić information content (AvgIpc) is 3.02. The minimum atomic E-state index is -0.314. The van der Waals surface area contributed by atoms with Gasteiger partial charge in [-0.25, -0.2) is 0 Å². The van der Waals surface area contributed by atoms with Crippen LogP contribution in [0.4, 0.5) is 11.4 Å². The zero-order chi connectivity index (χ0) is 21.0. The Balaban J connectivity index is 1.62. The van der Waals surface area contributed by atoms with Crippen LogP contribution in [0.25, 0.3) is 0 Å². The summed E-state index contributed by atoms with van der Waals surface area (Å²) >= 11 is 7.39. The van der Waals surface area contributed by atoms with Crippen LogP contribution in [0.5, 0.6) is 0 Å². The molecule has 6 nitrogen and oxygen atoms in total. The van der Waals surface area contributed by atoms with E-state index >= 15 is 0 Å². The lowest BCUT2D eigenvalue weighted by atomic mass is 10.1. The predicted molar refractivity (Wildman–Crippen MR) is 120 cm³/mol. The fourth-order valence-corrected chi connectivity index (χ4v) is 3.85. The van der Waals surface area contributed by atoms with E-state index in [9.17, 15) is 4.79 Å². The number of aryl methyl sites for hydroxylation is 2. The number of carbonyl (C=O) groups is 1. The highest BCUT2D eigenvalue weighted by atomic mass is 35.5. The summed E-state index contributed by atoms with van der Waals surface area (Å²) in [6, 6.07) is 13.5. The third-order valence-electron chi connectivity index (χ3n) is 4.58. The van der Waals surface area contributed by atoms with Gasteiger partial charge >= 0.3 is 0 Å². The van der Waals surface area contributed by atoms with Crippen LogP contribution in [-0.2, 0) is 18.4 Å². The summed E-state index contributed by atoms with van der Waals surface area (Å²) in [6.07, 6.45) is 0. The first-order valence-electron chi connectivity index (χ1n) is 9.26. The first kappa shape index (κ1) is 21.2. The van der Waals surface area contributed by atoms with Crippen LogP contribution in [0.2, 0.25) is 5.02 Å². The lowest BCUT2D eigenvalue weighted by molar-refractivity contribution is -0.115. The number of benzene rings is 2. The van der Waals surface area contributed by atoms with Crippen molar-refractivity contribution in [2.45, 2.75) is 37.7 Å². The highest BCUT2D eigenvalue weighted by Crippen LogP contribution is 2.25. The molecule has 0 radical (unpaired) electrons. The standard InChI is InChI=1S/C21H24ClN5OS/c1-13-7-5-8-14(2)19(13)24-20(28)15(3)29-21-26-25-18(27(21)4)12-23-17-10-6-9-16(22)11-17/h5-11,15,23H,12H2,1-4H3,(H,24,28)/t15-/m1/s1. The van der Waals surface area contributed by atoms with Crippen molar-refractivity contribution in [1.29, 1.82) is 0 Å². The van der Waals surface area contributed by atoms with Gasteiger partial charge in [0.05, 0.1) is 11.8 Å². The molecular weight excluding hydrogens is 406 g/mol. The van der Waals surface area contributed by atoms with E-state index in [0.717, 1.165) is 28.3 Å². The minimum absolute atomic E-state index is 0.0611. The smallest absolute Gasteiger partial charge is 0.237 e. The van der Waals surface area contributed by atoms with Gasteiger partial charge < -0.3 is 15.2 Å². The van der Waals surface area contributed by atoms with Crippen molar-refractivity contribution in [3.63, 3.8) is 0 Å². The molecule has 1 heterocycles. The van der Waals surface area contributed by atoms with Gasteiger partial charge in [0.2, 0.25) is 5.91 Å². The van der Waals surface area contributed by atoms with E-state index in [-0.39, 0.29) is 11.2 Å². The Morgan fingerprint density at radius 3 is 2.55 bits per heavy atom. The Hall–Kier alpha value is -2.51. The number of para-hydroxylation sites is 1. The fraction of sp³-hybridized carbons (Fsp3) is 0.286. The highest BCUT2D eigenvalue weighted by molar-refractivity contribution is 8.00. The van der Waals surface area contributed by atoms with Gasteiger partial charge in [-0.2, -0.15) is 0 Å². The number of hydrogen-bond donors (Lipinski definition) is 2. The van der Waals surface area contributed by atoms with Crippen molar-refractivity contribution in [1.82, 2.24) is 14.8 Å². The maximum atomic E-state index is 12.7. The second-order valence-corrected chi connectivity index (χ2v) is 8.58. The fourth-order valence-electron chi connectivity index (χ4n) is 2.83. The van der Waals surface area contributed by atoms with Gasteiger partial charge in [-0.3, -0.25) is 4.79 Å². The molecule has 0 bridgehead atoms. The van der Waals surface area contributed by atoms with Gasteiger partial charge in [0.15, 0.2) is 11.0 Å². The van der Waals surface area contributed by atoms with Crippen LogP contribution in [-0.4, -0.2) is 25.9 Å². The zero-order valence-corrected chi connectivity index (χ0v) is 18.4.